The van der Waals surface area contributed by atoms with Crippen molar-refractivity contribution in [3.8, 4) is 0 Å². The fourth-order valence-corrected chi connectivity index (χ4v) is 4.55. The van der Waals surface area contributed by atoms with Gasteiger partial charge in [-0.05, 0) is 17.5 Å². The van der Waals surface area contributed by atoms with Gasteiger partial charge in [-0.25, -0.2) is 0 Å². The molecule has 1 aromatic rings. The molecule has 1 fully saturated rings. The number of hydrogen-bond donors (Lipinski definition) is 0. The molecule has 78 valence electrons. The van der Waals surface area contributed by atoms with E-state index in [0.29, 0.717) is 11.8 Å². The lowest BCUT2D eigenvalue weighted by Crippen LogP contribution is -2.30. The summed E-state index contributed by atoms with van der Waals surface area (Å²) in [5.74, 6) is 1.17. The molecule has 15 heavy (non-hydrogen) atoms. The summed E-state index contributed by atoms with van der Waals surface area (Å²) in [6, 6.07) is 8.80. The third kappa shape index (κ3) is 1.13. The maximum atomic E-state index is 4.28. The van der Waals surface area contributed by atoms with Gasteiger partial charge in [0.05, 0.1) is 4.32 Å². The van der Waals surface area contributed by atoms with E-state index in [2.05, 4.69) is 62.7 Å². The molecule has 0 N–H and O–H groups in total. The van der Waals surface area contributed by atoms with Crippen LogP contribution in [0.25, 0.3) is 0 Å². The summed E-state index contributed by atoms with van der Waals surface area (Å²) in [4.78, 5) is 0. The molecule has 3 rings (SSSR count). The van der Waals surface area contributed by atoms with Gasteiger partial charge in [-0.1, -0.05) is 68.3 Å². The van der Waals surface area contributed by atoms with Crippen LogP contribution in [0.5, 0.6) is 0 Å². The van der Waals surface area contributed by atoms with Gasteiger partial charge >= 0.3 is 0 Å². The Labute approximate surface area is 107 Å². The highest BCUT2D eigenvalue weighted by Gasteiger charge is 2.54. The van der Waals surface area contributed by atoms with Gasteiger partial charge in [0, 0.05) is 17.2 Å². The minimum Gasteiger partial charge on any atom is -0.0978 e. The summed E-state index contributed by atoms with van der Waals surface area (Å²) in [6.07, 6.45) is 1.23. The van der Waals surface area contributed by atoms with Crippen molar-refractivity contribution in [2.45, 2.75) is 22.6 Å². The van der Waals surface area contributed by atoms with E-state index in [9.17, 15) is 0 Å². The Bertz CT molecular complexity index is 438. The third-order valence-corrected chi connectivity index (χ3v) is 6.90. The molecule has 1 aromatic carbocycles. The first-order valence-corrected chi connectivity index (χ1v) is 7.13. The van der Waals surface area contributed by atoms with Crippen LogP contribution in [-0.4, -0.2) is 9.65 Å². The first-order chi connectivity index (χ1) is 7.18. The topological polar surface area (TPSA) is 0 Å². The van der Waals surface area contributed by atoms with Crippen LogP contribution in [0.2, 0.25) is 0 Å². The normalized spacial score (nSPS) is 37.1. The van der Waals surface area contributed by atoms with Crippen LogP contribution in [-0.2, 0) is 0 Å². The third-order valence-electron chi connectivity index (χ3n) is 3.92. The predicted octanol–water partition coefficient (Wildman–Crippen LogP) is 4.36. The molecule has 0 aromatic heterocycles. The van der Waals surface area contributed by atoms with Crippen molar-refractivity contribution in [2.75, 3.05) is 5.33 Å². The van der Waals surface area contributed by atoms with Crippen LogP contribution in [0.3, 0.4) is 0 Å². The molecule has 2 aliphatic carbocycles. The Morgan fingerprint density at radius 3 is 2.67 bits per heavy atom. The Balaban J connectivity index is 2.19. The summed E-state index contributed by atoms with van der Waals surface area (Å²) in [7, 11) is 0. The number of rotatable bonds is 1. The first-order valence-electron chi connectivity index (χ1n) is 5.21. The van der Waals surface area contributed by atoms with Crippen LogP contribution in [0.1, 0.15) is 29.4 Å². The minimum absolute atomic E-state index is 0.0893. The van der Waals surface area contributed by atoms with E-state index in [1.165, 1.54) is 23.1 Å². The number of benzene rings is 1. The van der Waals surface area contributed by atoms with E-state index in [4.69, 9.17) is 0 Å². The Hall–Kier alpha value is -0.0800. The molecule has 0 radical (unpaired) electrons. The fraction of sp³-hybridized carbons (Fsp3) is 0.385. The molecule has 2 heteroatoms. The summed E-state index contributed by atoms with van der Waals surface area (Å²) in [5.41, 5.74) is 4.37. The summed E-state index contributed by atoms with van der Waals surface area (Å²) < 4.78 is 0.0893. The molecule has 3 atom stereocenters. The highest BCUT2D eigenvalue weighted by molar-refractivity contribution is 9.12. The van der Waals surface area contributed by atoms with Gasteiger partial charge in [0.2, 0.25) is 0 Å². The lowest BCUT2D eigenvalue weighted by Gasteiger charge is -2.33. The van der Waals surface area contributed by atoms with Crippen molar-refractivity contribution in [1.82, 2.24) is 0 Å². The molecule has 2 bridgehead atoms. The number of fused-ring (bicyclic) bond motifs is 5. The molecule has 0 nitrogen and oxygen atoms in total. The highest BCUT2D eigenvalue weighted by Crippen LogP contribution is 2.64. The molecule has 0 spiro atoms. The molecule has 0 aliphatic heterocycles. The Morgan fingerprint density at radius 2 is 2.00 bits per heavy atom. The zero-order chi connectivity index (χ0) is 10.6. The van der Waals surface area contributed by atoms with E-state index in [1.54, 1.807) is 0 Å². The van der Waals surface area contributed by atoms with Gasteiger partial charge in [0.25, 0.3) is 0 Å². The van der Waals surface area contributed by atoms with Crippen LogP contribution >= 0.6 is 31.9 Å². The zero-order valence-corrected chi connectivity index (χ0v) is 11.5. The van der Waals surface area contributed by atoms with Crippen molar-refractivity contribution >= 4 is 31.9 Å². The molecular weight excluding hydrogens is 316 g/mol. The van der Waals surface area contributed by atoms with E-state index >= 15 is 0 Å². The molecule has 0 heterocycles. The van der Waals surface area contributed by atoms with E-state index in [1.807, 2.05) is 0 Å². The minimum atomic E-state index is 0.0893. The summed E-state index contributed by atoms with van der Waals surface area (Å²) in [6.45, 7) is 4.28. The average molecular weight is 328 g/mol. The average Bonchev–Trinajstić information content (AvgIpc) is 2.77. The summed E-state index contributed by atoms with van der Waals surface area (Å²) in [5, 5.41) is 0.953. The Kier molecular flexibility index (Phi) is 2.16. The van der Waals surface area contributed by atoms with Crippen molar-refractivity contribution in [1.29, 1.82) is 0 Å². The van der Waals surface area contributed by atoms with Gasteiger partial charge < -0.3 is 0 Å². The zero-order valence-electron chi connectivity index (χ0n) is 8.34. The number of allylic oxidation sites excluding steroid dienone is 1. The van der Waals surface area contributed by atoms with Gasteiger partial charge in [-0.2, -0.15) is 0 Å². The maximum Gasteiger partial charge on any atom is 0.0634 e. The second-order valence-corrected chi connectivity index (χ2v) is 6.47. The molecule has 0 amide bonds. The molecule has 1 saturated carbocycles. The standard InChI is InChI=1S/C13H12Br2/c1-8-11-6-12(13(8,15)7-14)10-5-3-2-4-9(10)11/h2-5,11-12H,1,6-7H2/t11-,12-,13+/m1/s1. The first kappa shape index (κ1) is 10.1. The van der Waals surface area contributed by atoms with E-state index in [-0.39, 0.29) is 4.32 Å². The highest BCUT2D eigenvalue weighted by atomic mass is 79.9. The molecule has 0 saturated heterocycles. The SMILES string of the molecule is C=C1[C@H]2C[C@H](c3ccccc32)[C@]1(Br)CBr. The number of halogens is 2. The monoisotopic (exact) mass is 326 g/mol. The fourth-order valence-electron chi connectivity index (χ4n) is 3.09. The largest absolute Gasteiger partial charge is 0.0978 e. The number of hydrogen-bond acceptors (Lipinski definition) is 0. The second-order valence-electron chi connectivity index (χ2n) is 4.49. The van der Waals surface area contributed by atoms with Crippen LogP contribution in [0.15, 0.2) is 36.4 Å². The Morgan fingerprint density at radius 1 is 1.33 bits per heavy atom. The smallest absolute Gasteiger partial charge is 0.0634 e. The molecular formula is C13H12Br2. The van der Waals surface area contributed by atoms with Crippen molar-refractivity contribution < 1.29 is 0 Å². The van der Waals surface area contributed by atoms with Gasteiger partial charge in [-0.3, -0.25) is 0 Å². The van der Waals surface area contributed by atoms with Crippen molar-refractivity contribution in [2.24, 2.45) is 0 Å². The number of alkyl halides is 2. The van der Waals surface area contributed by atoms with Crippen LogP contribution in [0.4, 0.5) is 0 Å². The lowest BCUT2D eigenvalue weighted by atomic mass is 9.81. The lowest BCUT2D eigenvalue weighted by molar-refractivity contribution is 0.663. The predicted molar refractivity (Wildman–Crippen MR) is 71.1 cm³/mol. The van der Waals surface area contributed by atoms with Crippen molar-refractivity contribution in [3.05, 3.63) is 47.5 Å². The van der Waals surface area contributed by atoms with E-state index < -0.39 is 0 Å². The van der Waals surface area contributed by atoms with Gasteiger partial charge in [-0.15, -0.1) is 0 Å². The quantitative estimate of drug-likeness (QED) is 0.531. The maximum absolute atomic E-state index is 4.28. The van der Waals surface area contributed by atoms with Crippen LogP contribution in [0, 0.1) is 0 Å². The van der Waals surface area contributed by atoms with Crippen LogP contribution < -0.4 is 0 Å². The summed E-state index contributed by atoms with van der Waals surface area (Å²) >= 11 is 7.51. The van der Waals surface area contributed by atoms with E-state index in [0.717, 1.165) is 5.33 Å². The van der Waals surface area contributed by atoms with Gasteiger partial charge in [0.15, 0.2) is 0 Å². The molecule has 0 unspecified atom stereocenters. The van der Waals surface area contributed by atoms with Crippen molar-refractivity contribution in [3.63, 3.8) is 0 Å². The van der Waals surface area contributed by atoms with Gasteiger partial charge in [0.1, 0.15) is 0 Å². The molecule has 2 aliphatic rings. The second kappa shape index (κ2) is 3.21.